The van der Waals surface area contributed by atoms with Crippen molar-refractivity contribution in [3.63, 3.8) is 0 Å². The van der Waals surface area contributed by atoms with Crippen molar-refractivity contribution in [2.75, 3.05) is 39.6 Å². The van der Waals surface area contributed by atoms with Crippen molar-refractivity contribution in [1.29, 1.82) is 0 Å². The number of thioether (sulfide) groups is 1. The van der Waals surface area contributed by atoms with Gasteiger partial charge in [0.2, 0.25) is 0 Å². The van der Waals surface area contributed by atoms with Crippen molar-refractivity contribution < 1.29 is 9.53 Å². The molecule has 3 nitrogen and oxygen atoms in total. The first kappa shape index (κ1) is 15.5. The summed E-state index contributed by atoms with van der Waals surface area (Å²) in [6.45, 7) is 3.14. The molecule has 1 fully saturated rings. The molecule has 0 radical (unpaired) electrons. The highest BCUT2D eigenvalue weighted by Crippen LogP contribution is 2.16. The Balaban J connectivity index is 1.82. The minimum Gasteiger partial charge on any atom is -0.381 e. The lowest BCUT2D eigenvalue weighted by atomic mass is 10.0. The molecule has 0 saturated carbocycles. The van der Waals surface area contributed by atoms with Crippen LogP contribution in [0.25, 0.3) is 0 Å². The van der Waals surface area contributed by atoms with E-state index in [0.29, 0.717) is 12.5 Å². The van der Waals surface area contributed by atoms with E-state index >= 15 is 0 Å². The summed E-state index contributed by atoms with van der Waals surface area (Å²) in [5.41, 5.74) is 0.801. The van der Waals surface area contributed by atoms with Crippen LogP contribution in [0.4, 0.5) is 0 Å². The second-order valence-corrected chi connectivity index (χ2v) is 6.31. The molecule has 1 saturated heterocycles. The summed E-state index contributed by atoms with van der Waals surface area (Å²) < 4.78 is 5.48. The molecule has 110 valence electrons. The van der Waals surface area contributed by atoms with Gasteiger partial charge in [0.15, 0.2) is 5.78 Å². The van der Waals surface area contributed by atoms with Gasteiger partial charge in [0.25, 0.3) is 0 Å². The van der Waals surface area contributed by atoms with Gasteiger partial charge in [0.1, 0.15) is 0 Å². The maximum Gasteiger partial charge on any atom is 0.176 e. The highest BCUT2D eigenvalue weighted by atomic mass is 32.2. The van der Waals surface area contributed by atoms with Crippen molar-refractivity contribution in [3.8, 4) is 0 Å². The fourth-order valence-corrected chi connectivity index (χ4v) is 2.98. The second kappa shape index (κ2) is 7.81. The third-order valence-electron chi connectivity index (χ3n) is 3.65. The van der Waals surface area contributed by atoms with Gasteiger partial charge in [-0.15, -0.1) is 11.8 Å². The molecule has 1 aliphatic rings. The van der Waals surface area contributed by atoms with Crippen LogP contribution in [-0.2, 0) is 4.74 Å². The SMILES string of the molecule is CSc1ccc(C(=O)CN(C)CC2CCCOC2)cc1. The smallest absolute Gasteiger partial charge is 0.176 e. The Bertz CT molecular complexity index is 427. The highest BCUT2D eigenvalue weighted by molar-refractivity contribution is 7.98. The first-order valence-electron chi connectivity index (χ1n) is 7.12. The van der Waals surface area contributed by atoms with Gasteiger partial charge < -0.3 is 4.74 Å². The third-order valence-corrected chi connectivity index (χ3v) is 4.39. The van der Waals surface area contributed by atoms with Gasteiger partial charge in [-0.2, -0.15) is 0 Å². The Morgan fingerprint density at radius 3 is 2.75 bits per heavy atom. The van der Waals surface area contributed by atoms with Crippen molar-refractivity contribution in [1.82, 2.24) is 4.90 Å². The van der Waals surface area contributed by atoms with Gasteiger partial charge in [-0.05, 0) is 44.2 Å². The summed E-state index contributed by atoms with van der Waals surface area (Å²) in [5, 5.41) is 0. The Morgan fingerprint density at radius 1 is 1.40 bits per heavy atom. The molecule has 0 aromatic heterocycles. The molecule has 20 heavy (non-hydrogen) atoms. The number of hydrogen-bond donors (Lipinski definition) is 0. The molecule has 4 heteroatoms. The van der Waals surface area contributed by atoms with Gasteiger partial charge in [0, 0.05) is 23.6 Å². The van der Waals surface area contributed by atoms with Crippen LogP contribution in [0.15, 0.2) is 29.2 Å². The number of ether oxygens (including phenoxy) is 1. The molecule has 1 aliphatic heterocycles. The van der Waals surface area contributed by atoms with E-state index in [0.717, 1.165) is 31.7 Å². The number of rotatable bonds is 6. The highest BCUT2D eigenvalue weighted by Gasteiger charge is 2.17. The Kier molecular flexibility index (Phi) is 6.07. The lowest BCUT2D eigenvalue weighted by Gasteiger charge is -2.26. The monoisotopic (exact) mass is 293 g/mol. The van der Waals surface area contributed by atoms with Crippen LogP contribution in [0.5, 0.6) is 0 Å². The molecular weight excluding hydrogens is 270 g/mol. The summed E-state index contributed by atoms with van der Waals surface area (Å²) in [5.74, 6) is 0.761. The quantitative estimate of drug-likeness (QED) is 0.596. The minimum absolute atomic E-state index is 0.192. The minimum atomic E-state index is 0.192. The van der Waals surface area contributed by atoms with Gasteiger partial charge in [-0.1, -0.05) is 12.1 Å². The zero-order valence-electron chi connectivity index (χ0n) is 12.3. The third kappa shape index (κ3) is 4.62. The number of benzene rings is 1. The Hall–Kier alpha value is -0.840. The molecule has 1 atom stereocenters. The predicted molar refractivity (Wildman–Crippen MR) is 83.6 cm³/mol. The van der Waals surface area contributed by atoms with E-state index in [2.05, 4.69) is 4.90 Å². The normalized spacial score (nSPS) is 19.2. The van der Waals surface area contributed by atoms with E-state index in [-0.39, 0.29) is 5.78 Å². The van der Waals surface area contributed by atoms with Gasteiger partial charge >= 0.3 is 0 Å². The molecule has 1 aromatic carbocycles. The zero-order chi connectivity index (χ0) is 14.4. The standard InChI is InChI=1S/C16H23NO2S/c1-17(10-13-4-3-9-19-12-13)11-16(18)14-5-7-15(20-2)8-6-14/h5-8,13H,3-4,9-12H2,1-2H3. The number of carbonyl (C=O) groups is 1. The van der Waals surface area contributed by atoms with E-state index in [9.17, 15) is 4.79 Å². The van der Waals surface area contributed by atoms with Gasteiger partial charge in [0.05, 0.1) is 13.2 Å². The van der Waals surface area contributed by atoms with Crippen LogP contribution < -0.4 is 0 Å². The predicted octanol–water partition coefficient (Wildman–Crippen LogP) is 2.95. The summed E-state index contributed by atoms with van der Waals surface area (Å²) in [6.07, 6.45) is 4.39. The number of nitrogens with zero attached hydrogens (tertiary/aromatic N) is 1. The molecule has 2 rings (SSSR count). The van der Waals surface area contributed by atoms with Crippen LogP contribution in [0.1, 0.15) is 23.2 Å². The van der Waals surface area contributed by atoms with Crippen LogP contribution in [0.2, 0.25) is 0 Å². The lowest BCUT2D eigenvalue weighted by molar-refractivity contribution is 0.0416. The number of ketones is 1. The number of likely N-dealkylation sites (N-methyl/N-ethyl adjacent to an activating group) is 1. The lowest BCUT2D eigenvalue weighted by Crippen LogP contribution is -2.34. The fraction of sp³-hybridized carbons (Fsp3) is 0.562. The Morgan fingerprint density at radius 2 is 2.15 bits per heavy atom. The van der Waals surface area contributed by atoms with Crippen molar-refractivity contribution in [2.24, 2.45) is 5.92 Å². The average Bonchev–Trinajstić information content (AvgIpc) is 2.48. The zero-order valence-corrected chi connectivity index (χ0v) is 13.1. The van der Waals surface area contributed by atoms with Crippen LogP contribution in [0.3, 0.4) is 0 Å². The number of carbonyl (C=O) groups excluding carboxylic acids is 1. The van der Waals surface area contributed by atoms with Crippen molar-refractivity contribution >= 4 is 17.5 Å². The van der Waals surface area contributed by atoms with Crippen LogP contribution in [-0.4, -0.2) is 50.3 Å². The maximum absolute atomic E-state index is 12.2. The van der Waals surface area contributed by atoms with E-state index in [1.165, 1.54) is 11.3 Å². The van der Waals surface area contributed by atoms with E-state index < -0.39 is 0 Å². The van der Waals surface area contributed by atoms with Crippen LogP contribution in [0, 0.1) is 5.92 Å². The first-order valence-corrected chi connectivity index (χ1v) is 8.35. The molecule has 0 amide bonds. The van der Waals surface area contributed by atoms with Crippen molar-refractivity contribution in [3.05, 3.63) is 29.8 Å². The molecule has 0 N–H and O–H groups in total. The maximum atomic E-state index is 12.2. The van der Waals surface area contributed by atoms with Gasteiger partial charge in [-0.3, -0.25) is 9.69 Å². The van der Waals surface area contributed by atoms with Crippen LogP contribution >= 0.6 is 11.8 Å². The Labute approximate surface area is 125 Å². The molecule has 1 heterocycles. The fourth-order valence-electron chi connectivity index (χ4n) is 2.57. The molecule has 0 bridgehead atoms. The first-order chi connectivity index (χ1) is 9.69. The molecule has 0 spiro atoms. The van der Waals surface area contributed by atoms with Crippen molar-refractivity contribution in [2.45, 2.75) is 17.7 Å². The molecule has 1 aromatic rings. The topological polar surface area (TPSA) is 29.5 Å². The number of hydrogen-bond acceptors (Lipinski definition) is 4. The molecule has 1 unspecified atom stereocenters. The summed E-state index contributed by atoms with van der Waals surface area (Å²) in [7, 11) is 2.02. The van der Waals surface area contributed by atoms with E-state index in [1.54, 1.807) is 11.8 Å². The largest absolute Gasteiger partial charge is 0.381 e. The number of Topliss-reactive ketones (excluding diaryl/α,β-unsaturated/α-hetero) is 1. The summed E-state index contributed by atoms with van der Waals surface area (Å²) in [4.78, 5) is 15.5. The summed E-state index contributed by atoms with van der Waals surface area (Å²) in [6, 6.07) is 7.86. The second-order valence-electron chi connectivity index (χ2n) is 5.43. The molecule has 0 aliphatic carbocycles. The molecular formula is C16H23NO2S. The summed E-state index contributed by atoms with van der Waals surface area (Å²) >= 11 is 1.69. The van der Waals surface area contributed by atoms with E-state index in [4.69, 9.17) is 4.74 Å². The average molecular weight is 293 g/mol. The van der Waals surface area contributed by atoms with E-state index in [1.807, 2.05) is 37.6 Å². The van der Waals surface area contributed by atoms with Gasteiger partial charge in [-0.25, -0.2) is 0 Å².